The van der Waals surface area contributed by atoms with Crippen LogP contribution in [0.1, 0.15) is 41.7 Å². The van der Waals surface area contributed by atoms with E-state index >= 15 is 0 Å². The van der Waals surface area contributed by atoms with E-state index in [2.05, 4.69) is 166 Å². The summed E-state index contributed by atoms with van der Waals surface area (Å²) in [6.45, 7) is 4.57. The molecule has 1 aliphatic carbocycles. The Morgan fingerprint density at radius 1 is 0.533 bits per heavy atom. The smallest absolute Gasteiger partial charge is 0.0780 e. The number of pyridine rings is 1. The molecule has 6 aromatic carbocycles. The van der Waals surface area contributed by atoms with Crippen LogP contribution >= 0.6 is 0 Å². The van der Waals surface area contributed by atoms with E-state index in [-0.39, 0.29) is 0 Å². The lowest BCUT2D eigenvalue weighted by molar-refractivity contribution is 0.646. The fourth-order valence-corrected chi connectivity index (χ4v) is 7.49. The predicted molar refractivity (Wildman–Crippen MR) is 188 cm³/mol. The molecule has 0 N–H and O–H groups in total. The van der Waals surface area contributed by atoms with Crippen LogP contribution in [0.2, 0.25) is 0 Å². The maximum Gasteiger partial charge on any atom is 0.0780 e. The van der Waals surface area contributed by atoms with Crippen LogP contribution in [0.4, 0.5) is 0 Å². The number of hydrogen-bond acceptors (Lipinski definition) is 1. The molecule has 0 aliphatic heterocycles. The number of rotatable bonds is 6. The molecule has 1 aliphatic rings. The highest BCUT2D eigenvalue weighted by atomic mass is 14.7. The average molecular weight is 578 g/mol. The molecule has 0 amide bonds. The summed E-state index contributed by atoms with van der Waals surface area (Å²) in [7, 11) is 0. The molecule has 1 nitrogen and oxygen atoms in total. The molecule has 216 valence electrons. The number of benzene rings is 6. The van der Waals surface area contributed by atoms with Crippen molar-refractivity contribution in [1.29, 1.82) is 0 Å². The van der Waals surface area contributed by atoms with Gasteiger partial charge in [-0.3, -0.25) is 4.98 Å². The molecule has 0 saturated carbocycles. The standard InChI is InChI=1S/C44H35N/c1-30(2)28-31-18-24-36(25-19-31)44(41-16-7-5-14-39(41)40-15-6-8-17-42(40)44)37-12-9-11-35(29-37)32-20-22-34(23-21-32)43-38-13-4-3-10-33(38)26-27-45-43/h3-27,29-30H,28H2,1-2H3. The maximum atomic E-state index is 4.75. The van der Waals surface area contributed by atoms with Crippen LogP contribution in [-0.4, -0.2) is 4.98 Å². The summed E-state index contributed by atoms with van der Waals surface area (Å²) in [5, 5.41) is 2.38. The van der Waals surface area contributed by atoms with Crippen LogP contribution in [0, 0.1) is 5.92 Å². The predicted octanol–water partition coefficient (Wildman–Crippen LogP) is 11.1. The zero-order chi connectivity index (χ0) is 30.4. The summed E-state index contributed by atoms with van der Waals surface area (Å²) < 4.78 is 0. The van der Waals surface area contributed by atoms with Crippen molar-refractivity contribution < 1.29 is 0 Å². The van der Waals surface area contributed by atoms with Crippen molar-refractivity contribution in [3.8, 4) is 33.5 Å². The highest BCUT2D eigenvalue weighted by Crippen LogP contribution is 2.56. The summed E-state index contributed by atoms with van der Waals surface area (Å²) in [5.74, 6) is 0.622. The lowest BCUT2D eigenvalue weighted by atomic mass is 9.67. The van der Waals surface area contributed by atoms with Crippen molar-refractivity contribution in [2.45, 2.75) is 25.7 Å². The van der Waals surface area contributed by atoms with Crippen molar-refractivity contribution in [2.24, 2.45) is 5.92 Å². The molecule has 8 rings (SSSR count). The van der Waals surface area contributed by atoms with Gasteiger partial charge in [-0.1, -0.05) is 153 Å². The van der Waals surface area contributed by atoms with Crippen molar-refractivity contribution >= 4 is 10.8 Å². The Morgan fingerprint density at radius 2 is 1.18 bits per heavy atom. The fraction of sp³-hybridized carbons (Fsp3) is 0.114. The first kappa shape index (κ1) is 27.3. The molecule has 1 heteroatoms. The van der Waals surface area contributed by atoms with Gasteiger partial charge in [-0.15, -0.1) is 0 Å². The normalized spacial score (nSPS) is 13.1. The first-order valence-corrected chi connectivity index (χ1v) is 16.0. The van der Waals surface area contributed by atoms with E-state index in [1.54, 1.807) is 0 Å². The third-order valence-corrected chi connectivity index (χ3v) is 9.44. The zero-order valence-electron chi connectivity index (χ0n) is 25.7. The highest BCUT2D eigenvalue weighted by Gasteiger charge is 2.45. The van der Waals surface area contributed by atoms with Gasteiger partial charge < -0.3 is 0 Å². The molecule has 45 heavy (non-hydrogen) atoms. The lowest BCUT2D eigenvalue weighted by Crippen LogP contribution is -2.28. The van der Waals surface area contributed by atoms with Crippen LogP contribution in [-0.2, 0) is 11.8 Å². The molecule has 0 fully saturated rings. The van der Waals surface area contributed by atoms with Gasteiger partial charge in [0.2, 0.25) is 0 Å². The van der Waals surface area contributed by atoms with Gasteiger partial charge in [0, 0.05) is 17.1 Å². The topological polar surface area (TPSA) is 12.9 Å². The molecule has 0 unspecified atom stereocenters. The first-order chi connectivity index (χ1) is 22.1. The Balaban J connectivity index is 1.28. The maximum absolute atomic E-state index is 4.75. The van der Waals surface area contributed by atoms with Crippen LogP contribution < -0.4 is 0 Å². The molecule has 1 heterocycles. The summed E-state index contributed by atoms with van der Waals surface area (Å²) >= 11 is 0. The van der Waals surface area contributed by atoms with Gasteiger partial charge in [-0.2, -0.15) is 0 Å². The van der Waals surface area contributed by atoms with E-state index < -0.39 is 5.41 Å². The minimum Gasteiger partial charge on any atom is -0.256 e. The Bertz CT molecular complexity index is 2100. The second-order valence-corrected chi connectivity index (χ2v) is 12.7. The molecule has 0 bridgehead atoms. The Morgan fingerprint density at radius 3 is 1.89 bits per heavy atom. The first-order valence-electron chi connectivity index (χ1n) is 16.0. The second kappa shape index (κ2) is 11.0. The van der Waals surface area contributed by atoms with Crippen LogP contribution in [0.25, 0.3) is 44.3 Å². The number of fused-ring (bicyclic) bond motifs is 4. The van der Waals surface area contributed by atoms with Crippen molar-refractivity contribution in [3.05, 3.63) is 186 Å². The van der Waals surface area contributed by atoms with E-state index in [0.717, 1.165) is 17.7 Å². The monoisotopic (exact) mass is 577 g/mol. The fourth-order valence-electron chi connectivity index (χ4n) is 7.49. The van der Waals surface area contributed by atoms with Gasteiger partial charge in [-0.25, -0.2) is 0 Å². The summed E-state index contributed by atoms with van der Waals surface area (Å²) in [4.78, 5) is 4.75. The summed E-state index contributed by atoms with van der Waals surface area (Å²) in [5.41, 5.74) is 13.4. The molecule has 0 atom stereocenters. The minimum atomic E-state index is -0.410. The molecule has 0 radical (unpaired) electrons. The van der Waals surface area contributed by atoms with E-state index in [1.807, 2.05) is 6.20 Å². The Labute approximate surface area is 265 Å². The van der Waals surface area contributed by atoms with Crippen molar-refractivity contribution in [2.75, 3.05) is 0 Å². The summed E-state index contributed by atoms with van der Waals surface area (Å²) in [6.07, 6.45) is 2.99. The average Bonchev–Trinajstić information content (AvgIpc) is 3.39. The third-order valence-electron chi connectivity index (χ3n) is 9.44. The van der Waals surface area contributed by atoms with Crippen molar-refractivity contribution in [3.63, 3.8) is 0 Å². The summed E-state index contributed by atoms with van der Waals surface area (Å²) in [6, 6.07) is 56.0. The number of hydrogen-bond donors (Lipinski definition) is 0. The molecule has 7 aromatic rings. The van der Waals surface area contributed by atoms with Crippen LogP contribution in [0.5, 0.6) is 0 Å². The van der Waals surface area contributed by atoms with Crippen molar-refractivity contribution in [1.82, 2.24) is 4.98 Å². The van der Waals surface area contributed by atoms with Crippen LogP contribution in [0.15, 0.2) is 158 Å². The van der Waals surface area contributed by atoms with E-state index in [0.29, 0.717) is 5.92 Å². The molecular weight excluding hydrogens is 542 g/mol. The van der Waals surface area contributed by atoms with Gasteiger partial charge in [0.15, 0.2) is 0 Å². The van der Waals surface area contributed by atoms with Gasteiger partial charge >= 0.3 is 0 Å². The second-order valence-electron chi connectivity index (χ2n) is 12.7. The largest absolute Gasteiger partial charge is 0.256 e. The van der Waals surface area contributed by atoms with Gasteiger partial charge in [0.25, 0.3) is 0 Å². The lowest BCUT2D eigenvalue weighted by Gasteiger charge is -2.34. The molecule has 1 aromatic heterocycles. The van der Waals surface area contributed by atoms with Gasteiger partial charge in [0.1, 0.15) is 0 Å². The van der Waals surface area contributed by atoms with E-state index in [1.165, 1.54) is 60.8 Å². The Kier molecular flexibility index (Phi) is 6.68. The molecule has 0 saturated heterocycles. The van der Waals surface area contributed by atoms with Gasteiger partial charge in [0.05, 0.1) is 11.1 Å². The number of aromatic nitrogens is 1. The highest BCUT2D eigenvalue weighted by molar-refractivity contribution is 5.94. The minimum absolute atomic E-state index is 0.410. The third kappa shape index (κ3) is 4.50. The molecule has 0 spiro atoms. The molecular formula is C44H35N. The SMILES string of the molecule is CC(C)Cc1ccc(C2(c3cccc(-c4ccc(-c5nccc6ccccc56)cc4)c3)c3ccccc3-c3ccccc32)cc1. The van der Waals surface area contributed by atoms with E-state index in [9.17, 15) is 0 Å². The Hall–Kier alpha value is -5.27. The van der Waals surface area contributed by atoms with E-state index in [4.69, 9.17) is 4.98 Å². The quantitative estimate of drug-likeness (QED) is 0.192. The van der Waals surface area contributed by atoms with Gasteiger partial charge in [-0.05, 0) is 79.9 Å². The van der Waals surface area contributed by atoms with Crippen LogP contribution in [0.3, 0.4) is 0 Å². The number of nitrogens with zero attached hydrogens (tertiary/aromatic N) is 1. The zero-order valence-corrected chi connectivity index (χ0v) is 25.7.